The summed E-state index contributed by atoms with van der Waals surface area (Å²) in [5.41, 5.74) is -1.24. The van der Waals surface area contributed by atoms with Crippen molar-refractivity contribution in [2.24, 2.45) is 23.2 Å². The molecule has 0 aliphatic heterocycles. The maximum Gasteiger partial charge on any atom is 0.409 e. The molecule has 6 nitrogen and oxygen atoms in total. The Labute approximate surface area is 127 Å². The Kier molecular flexibility index (Phi) is 3.45. The van der Waals surface area contributed by atoms with Gasteiger partial charge in [-0.1, -0.05) is 0 Å². The molecule has 126 valence electrons. The zero-order valence-electron chi connectivity index (χ0n) is 11.8. The molecule has 3 N–H and O–H groups in total. The lowest BCUT2D eigenvalue weighted by Crippen LogP contribution is -2.64. The van der Waals surface area contributed by atoms with Gasteiger partial charge in [0.05, 0.1) is 0 Å². The third kappa shape index (κ3) is 2.58. The van der Waals surface area contributed by atoms with Crippen LogP contribution in [-0.2, 0) is 10.1 Å². The number of nitrogens with one attached hydrogen (secondary N) is 1. The van der Waals surface area contributed by atoms with E-state index in [2.05, 4.69) is 0 Å². The van der Waals surface area contributed by atoms with Crippen LogP contribution in [-0.4, -0.2) is 35.5 Å². The van der Waals surface area contributed by atoms with E-state index >= 15 is 0 Å². The van der Waals surface area contributed by atoms with Crippen molar-refractivity contribution in [1.82, 2.24) is 5.32 Å². The van der Waals surface area contributed by atoms with Crippen LogP contribution in [0.4, 0.5) is 13.6 Å². The minimum atomic E-state index is -5.11. The number of carboxylic acid groups (broad SMARTS) is 1. The van der Waals surface area contributed by atoms with E-state index in [1.165, 1.54) is 0 Å². The first-order valence-corrected chi connectivity index (χ1v) is 8.87. The molecule has 4 aliphatic carbocycles. The molecule has 0 spiro atoms. The van der Waals surface area contributed by atoms with Gasteiger partial charge in [-0.2, -0.15) is 17.2 Å². The first kappa shape index (κ1) is 15.9. The topological polar surface area (TPSA) is 104 Å². The second-order valence-corrected chi connectivity index (χ2v) is 8.73. The normalized spacial score (nSPS) is 38.8. The minimum absolute atomic E-state index is 0.191. The molecule has 4 aliphatic rings. The van der Waals surface area contributed by atoms with E-state index < -0.39 is 32.9 Å². The molecule has 1 unspecified atom stereocenters. The molecule has 0 radical (unpaired) electrons. The summed E-state index contributed by atoms with van der Waals surface area (Å²) < 4.78 is 61.5. The lowest BCUT2D eigenvalue weighted by molar-refractivity contribution is -0.125. The molecule has 1 atom stereocenters. The van der Waals surface area contributed by atoms with Crippen molar-refractivity contribution in [3.63, 3.8) is 0 Å². The highest BCUT2D eigenvalue weighted by atomic mass is 32.2. The third-order valence-electron chi connectivity index (χ3n) is 5.54. The molecular weight excluding hydrogens is 320 g/mol. The summed E-state index contributed by atoms with van der Waals surface area (Å²) in [7, 11) is -5.11. The largest absolute Gasteiger partial charge is 0.465 e. The molecule has 0 aromatic rings. The minimum Gasteiger partial charge on any atom is -0.465 e. The van der Waals surface area contributed by atoms with Gasteiger partial charge in [-0.15, -0.1) is 0 Å². The van der Waals surface area contributed by atoms with Crippen LogP contribution < -0.4 is 5.32 Å². The molecule has 4 saturated carbocycles. The number of alkyl halides is 2. The van der Waals surface area contributed by atoms with E-state index in [4.69, 9.17) is 5.11 Å². The molecule has 0 heterocycles. The van der Waals surface area contributed by atoms with Gasteiger partial charge in [-0.3, -0.25) is 9.87 Å². The molecule has 1 amide bonds. The Hall–Kier alpha value is -0.960. The lowest BCUT2D eigenvalue weighted by atomic mass is 9.48. The molecule has 0 aromatic heterocycles. The smallest absolute Gasteiger partial charge is 0.409 e. The number of amides is 1. The van der Waals surface area contributed by atoms with Crippen molar-refractivity contribution >= 4 is 16.2 Å². The average Bonchev–Trinajstić information content (AvgIpc) is 2.19. The fraction of sp³-hybridized carbons (Fsp3) is 0.923. The predicted octanol–water partition coefficient (Wildman–Crippen LogP) is 2.32. The van der Waals surface area contributed by atoms with Crippen molar-refractivity contribution in [1.29, 1.82) is 0 Å². The highest BCUT2D eigenvalue weighted by Gasteiger charge is 2.65. The molecule has 0 aromatic carbocycles. The molecular formula is C13H19F2NO5S. The first-order chi connectivity index (χ1) is 10.0. The van der Waals surface area contributed by atoms with Crippen molar-refractivity contribution in [2.45, 2.75) is 49.8 Å². The van der Waals surface area contributed by atoms with Gasteiger partial charge in [0.2, 0.25) is 0 Å². The van der Waals surface area contributed by atoms with Crippen molar-refractivity contribution in [3.05, 3.63) is 0 Å². The van der Waals surface area contributed by atoms with Gasteiger partial charge in [-0.05, 0) is 61.7 Å². The van der Waals surface area contributed by atoms with Gasteiger partial charge >= 0.3 is 12.1 Å². The fourth-order valence-electron chi connectivity index (χ4n) is 5.59. The summed E-state index contributed by atoms with van der Waals surface area (Å²) in [5.74, 6) is 0.573. The number of carbonyl (C=O) groups is 1. The van der Waals surface area contributed by atoms with E-state index in [1.54, 1.807) is 0 Å². The highest BCUT2D eigenvalue weighted by Crippen LogP contribution is 2.63. The van der Waals surface area contributed by atoms with Crippen molar-refractivity contribution in [3.8, 4) is 0 Å². The highest BCUT2D eigenvalue weighted by molar-refractivity contribution is 7.86. The molecule has 9 heteroatoms. The van der Waals surface area contributed by atoms with Gasteiger partial charge < -0.3 is 5.11 Å². The van der Waals surface area contributed by atoms with Crippen LogP contribution in [0.15, 0.2) is 0 Å². The molecule has 0 saturated heterocycles. The van der Waals surface area contributed by atoms with E-state index in [0.717, 1.165) is 24.6 Å². The van der Waals surface area contributed by atoms with Crippen LogP contribution in [0.1, 0.15) is 38.5 Å². The number of rotatable bonds is 4. The van der Waals surface area contributed by atoms with Gasteiger partial charge in [0.15, 0.2) is 5.25 Å². The average molecular weight is 339 g/mol. The third-order valence-corrected chi connectivity index (χ3v) is 6.93. The van der Waals surface area contributed by atoms with Crippen LogP contribution in [0.3, 0.4) is 0 Å². The molecule has 4 bridgehead atoms. The Morgan fingerprint density at radius 2 is 1.55 bits per heavy atom. The summed E-state index contributed by atoms with van der Waals surface area (Å²) >= 11 is 0. The van der Waals surface area contributed by atoms with Crippen LogP contribution in [0.2, 0.25) is 0 Å². The maximum absolute atomic E-state index is 14.3. The molecule has 4 rings (SSSR count). The Balaban J connectivity index is 2.02. The van der Waals surface area contributed by atoms with Crippen LogP contribution in [0, 0.1) is 23.2 Å². The van der Waals surface area contributed by atoms with E-state index in [0.29, 0.717) is 19.3 Å². The van der Waals surface area contributed by atoms with Crippen molar-refractivity contribution < 1.29 is 31.7 Å². The summed E-state index contributed by atoms with van der Waals surface area (Å²) in [6, 6.07) is -4.22. The van der Waals surface area contributed by atoms with Gasteiger partial charge in [0, 0.05) is 0 Å². The Morgan fingerprint density at radius 1 is 1.14 bits per heavy atom. The quantitative estimate of drug-likeness (QED) is 0.539. The van der Waals surface area contributed by atoms with E-state index in [-0.39, 0.29) is 17.8 Å². The van der Waals surface area contributed by atoms with Gasteiger partial charge in [0.1, 0.15) is 0 Å². The second kappa shape index (κ2) is 4.77. The molecule has 4 fully saturated rings. The summed E-state index contributed by atoms with van der Waals surface area (Å²) in [6.07, 6.45) is 1.64. The van der Waals surface area contributed by atoms with Crippen LogP contribution in [0.5, 0.6) is 0 Å². The monoisotopic (exact) mass is 339 g/mol. The standard InChI is InChI=1S/C13H19F2NO5S/c14-13(15,16-11(17)18)10(22(19,20)21)12-4-7-1-8(5-12)3-9(2-7)6-12/h7-10,16H,1-6H2,(H,17,18)(H,19,20,21). The summed E-state index contributed by atoms with van der Waals surface area (Å²) in [5, 5.41) is 7.15. The zero-order valence-corrected chi connectivity index (χ0v) is 12.7. The predicted molar refractivity (Wildman–Crippen MR) is 72.0 cm³/mol. The summed E-state index contributed by atoms with van der Waals surface area (Å²) in [6.45, 7) is 0. The molecule has 22 heavy (non-hydrogen) atoms. The van der Waals surface area contributed by atoms with Gasteiger partial charge in [-0.25, -0.2) is 4.79 Å². The Morgan fingerprint density at radius 3 is 1.86 bits per heavy atom. The van der Waals surface area contributed by atoms with Crippen LogP contribution in [0.25, 0.3) is 0 Å². The zero-order chi connectivity index (χ0) is 16.3. The van der Waals surface area contributed by atoms with Gasteiger partial charge in [0.25, 0.3) is 10.1 Å². The number of halogens is 2. The number of hydrogen-bond acceptors (Lipinski definition) is 3. The summed E-state index contributed by atoms with van der Waals surface area (Å²) in [4.78, 5) is 10.6. The van der Waals surface area contributed by atoms with Crippen molar-refractivity contribution in [2.75, 3.05) is 0 Å². The SMILES string of the molecule is O=C(O)NC(F)(F)C(C12CC3CC(CC(C3)C1)C2)S(=O)(=O)O. The van der Waals surface area contributed by atoms with Crippen LogP contribution >= 0.6 is 0 Å². The lowest BCUT2D eigenvalue weighted by Gasteiger charge is -2.59. The maximum atomic E-state index is 14.3. The van der Waals surface area contributed by atoms with E-state index in [9.17, 15) is 26.5 Å². The second-order valence-electron chi connectivity index (χ2n) is 7.23. The van der Waals surface area contributed by atoms with E-state index in [1.807, 2.05) is 0 Å². The first-order valence-electron chi connectivity index (χ1n) is 7.37. The Bertz CT molecular complexity index is 556. The number of hydrogen-bond donors (Lipinski definition) is 3. The fourth-order valence-corrected chi connectivity index (χ4v) is 6.95.